The van der Waals surface area contributed by atoms with Gasteiger partial charge in [0.1, 0.15) is 12.4 Å². The van der Waals surface area contributed by atoms with Gasteiger partial charge in [-0.15, -0.1) is 0 Å². The summed E-state index contributed by atoms with van der Waals surface area (Å²) in [5.41, 5.74) is 3.75. The van der Waals surface area contributed by atoms with Gasteiger partial charge < -0.3 is 9.84 Å². The van der Waals surface area contributed by atoms with E-state index in [2.05, 4.69) is 6.07 Å². The number of carboxylic acid groups (broad SMARTS) is 1. The summed E-state index contributed by atoms with van der Waals surface area (Å²) >= 11 is 0. The highest BCUT2D eigenvalue weighted by molar-refractivity contribution is 5.71. The molecule has 0 heterocycles. The Kier molecular flexibility index (Phi) is 6.30. The van der Waals surface area contributed by atoms with Crippen molar-refractivity contribution in [1.82, 2.24) is 0 Å². The van der Waals surface area contributed by atoms with E-state index in [4.69, 9.17) is 9.84 Å². The van der Waals surface area contributed by atoms with Crippen LogP contribution in [0.25, 0.3) is 5.57 Å². The molecule has 0 atom stereocenters. The van der Waals surface area contributed by atoms with Crippen molar-refractivity contribution in [3.05, 3.63) is 70.3 Å². The fraction of sp³-hybridized carbons (Fsp3) is 0.348. The van der Waals surface area contributed by atoms with E-state index in [-0.39, 0.29) is 30.8 Å². The number of alkyl halides is 3. The smallest absolute Gasteiger partial charge is 0.416 e. The standard InChI is InChI=1S/C23H23F3O3/c1-15-4-2-5-17(12-15)20-7-3-6-18(20)14-29-19-10-8-16(9-11-22(27)28)21(13-19)23(24,25)26/h2,4-5,8,10,12-13H,3,6-7,9,11,14H2,1H3,(H,27,28). The fourth-order valence-corrected chi connectivity index (χ4v) is 3.69. The normalized spacial score (nSPS) is 14.3. The van der Waals surface area contributed by atoms with Crippen molar-refractivity contribution in [3.8, 4) is 5.75 Å². The molecule has 1 aliphatic rings. The molecular formula is C23H23F3O3. The van der Waals surface area contributed by atoms with Crippen LogP contribution in [0.5, 0.6) is 5.75 Å². The van der Waals surface area contributed by atoms with Crippen molar-refractivity contribution < 1.29 is 27.8 Å². The second-order valence-corrected chi connectivity index (χ2v) is 7.30. The summed E-state index contributed by atoms with van der Waals surface area (Å²) in [6.07, 6.45) is -2.28. The number of carboxylic acids is 1. The van der Waals surface area contributed by atoms with Crippen LogP contribution in [0.1, 0.15) is 47.9 Å². The van der Waals surface area contributed by atoms with Crippen molar-refractivity contribution in [2.45, 2.75) is 45.2 Å². The number of carbonyl (C=O) groups is 1. The van der Waals surface area contributed by atoms with E-state index in [9.17, 15) is 18.0 Å². The summed E-state index contributed by atoms with van der Waals surface area (Å²) in [7, 11) is 0. The van der Waals surface area contributed by atoms with E-state index in [1.54, 1.807) is 0 Å². The minimum absolute atomic E-state index is 0.0345. The Hall–Kier alpha value is -2.76. The third kappa shape index (κ3) is 5.40. The summed E-state index contributed by atoms with van der Waals surface area (Å²) in [5.74, 6) is -0.991. The fourth-order valence-electron chi connectivity index (χ4n) is 3.69. The van der Waals surface area contributed by atoms with E-state index in [0.717, 1.165) is 42.0 Å². The number of halogens is 3. The molecule has 2 aromatic carbocycles. The van der Waals surface area contributed by atoms with E-state index < -0.39 is 17.7 Å². The van der Waals surface area contributed by atoms with Crippen LogP contribution in [0.2, 0.25) is 0 Å². The summed E-state index contributed by atoms with van der Waals surface area (Å²) in [6.45, 7) is 2.27. The maximum Gasteiger partial charge on any atom is 0.416 e. The van der Waals surface area contributed by atoms with Crippen molar-refractivity contribution in [2.24, 2.45) is 0 Å². The van der Waals surface area contributed by atoms with Gasteiger partial charge in [0.15, 0.2) is 0 Å². The molecule has 0 amide bonds. The third-order valence-corrected chi connectivity index (χ3v) is 5.11. The minimum atomic E-state index is -4.56. The SMILES string of the molecule is Cc1cccc(C2=C(COc3ccc(CCC(=O)O)c(C(F)(F)F)c3)CCC2)c1. The maximum absolute atomic E-state index is 13.4. The molecule has 0 spiro atoms. The van der Waals surface area contributed by atoms with Gasteiger partial charge in [0.25, 0.3) is 0 Å². The van der Waals surface area contributed by atoms with Crippen LogP contribution in [-0.4, -0.2) is 17.7 Å². The summed E-state index contributed by atoms with van der Waals surface area (Å²) in [5, 5.41) is 8.75. The first-order chi connectivity index (χ1) is 13.7. The lowest BCUT2D eigenvalue weighted by atomic mass is 10.0. The summed E-state index contributed by atoms with van der Waals surface area (Å²) in [6, 6.07) is 11.9. The highest BCUT2D eigenvalue weighted by Gasteiger charge is 2.33. The number of aliphatic carboxylic acids is 1. The molecule has 29 heavy (non-hydrogen) atoms. The first-order valence-electron chi connectivity index (χ1n) is 9.56. The van der Waals surface area contributed by atoms with Crippen LogP contribution in [0.15, 0.2) is 48.0 Å². The van der Waals surface area contributed by atoms with Gasteiger partial charge in [-0.05, 0) is 67.0 Å². The predicted molar refractivity (Wildman–Crippen MR) is 105 cm³/mol. The Morgan fingerprint density at radius 1 is 1.14 bits per heavy atom. The van der Waals surface area contributed by atoms with Gasteiger partial charge in [-0.3, -0.25) is 4.79 Å². The second-order valence-electron chi connectivity index (χ2n) is 7.30. The largest absolute Gasteiger partial charge is 0.489 e. The van der Waals surface area contributed by atoms with Gasteiger partial charge in [-0.1, -0.05) is 35.9 Å². The molecule has 0 aromatic heterocycles. The monoisotopic (exact) mass is 404 g/mol. The molecule has 3 nitrogen and oxygen atoms in total. The van der Waals surface area contributed by atoms with Crippen molar-refractivity contribution >= 4 is 11.5 Å². The van der Waals surface area contributed by atoms with E-state index in [0.29, 0.717) is 0 Å². The molecule has 6 heteroatoms. The van der Waals surface area contributed by atoms with Gasteiger partial charge >= 0.3 is 12.1 Å². The summed E-state index contributed by atoms with van der Waals surface area (Å²) in [4.78, 5) is 10.7. The Balaban J connectivity index is 1.79. The lowest BCUT2D eigenvalue weighted by Crippen LogP contribution is -2.11. The molecule has 0 unspecified atom stereocenters. The van der Waals surface area contributed by atoms with Gasteiger partial charge in [0, 0.05) is 6.42 Å². The van der Waals surface area contributed by atoms with Crippen LogP contribution in [0.4, 0.5) is 13.2 Å². The Morgan fingerprint density at radius 2 is 1.93 bits per heavy atom. The second kappa shape index (κ2) is 8.72. The van der Waals surface area contributed by atoms with Crippen LogP contribution in [-0.2, 0) is 17.4 Å². The van der Waals surface area contributed by atoms with E-state index >= 15 is 0 Å². The van der Waals surface area contributed by atoms with Crippen LogP contribution in [0.3, 0.4) is 0 Å². The maximum atomic E-state index is 13.4. The van der Waals surface area contributed by atoms with Crippen LogP contribution < -0.4 is 4.74 Å². The third-order valence-electron chi connectivity index (χ3n) is 5.11. The molecule has 0 bridgehead atoms. The zero-order valence-corrected chi connectivity index (χ0v) is 16.2. The van der Waals surface area contributed by atoms with E-state index in [1.165, 1.54) is 17.7 Å². The van der Waals surface area contributed by atoms with E-state index in [1.807, 2.05) is 25.1 Å². The quantitative estimate of drug-likeness (QED) is 0.611. The molecule has 1 N–H and O–H groups in total. The molecule has 1 aliphatic carbocycles. The van der Waals surface area contributed by atoms with Crippen molar-refractivity contribution in [1.29, 1.82) is 0 Å². The molecule has 2 aromatic rings. The first-order valence-corrected chi connectivity index (χ1v) is 9.56. The number of aryl methyl sites for hydroxylation is 2. The first kappa shape index (κ1) is 21.0. The molecule has 0 saturated carbocycles. The van der Waals surface area contributed by atoms with Crippen molar-refractivity contribution in [3.63, 3.8) is 0 Å². The summed E-state index contributed by atoms with van der Waals surface area (Å²) < 4.78 is 45.9. The average Bonchev–Trinajstić information content (AvgIpc) is 3.13. The minimum Gasteiger partial charge on any atom is -0.489 e. The van der Waals surface area contributed by atoms with Crippen LogP contribution in [0, 0.1) is 6.92 Å². The zero-order valence-electron chi connectivity index (χ0n) is 16.2. The molecule has 0 aliphatic heterocycles. The zero-order chi connectivity index (χ0) is 21.0. The molecule has 0 radical (unpaired) electrons. The highest BCUT2D eigenvalue weighted by atomic mass is 19.4. The Bertz CT molecular complexity index is 929. The van der Waals surface area contributed by atoms with Crippen LogP contribution >= 0.6 is 0 Å². The predicted octanol–water partition coefficient (Wildman–Crippen LogP) is 6.05. The Labute approximate surface area is 167 Å². The molecular weight excluding hydrogens is 381 g/mol. The number of hydrogen-bond acceptors (Lipinski definition) is 2. The van der Waals surface area contributed by atoms with Gasteiger partial charge in [0.2, 0.25) is 0 Å². The number of allylic oxidation sites excluding steroid dienone is 1. The van der Waals surface area contributed by atoms with Gasteiger partial charge in [-0.25, -0.2) is 0 Å². The average molecular weight is 404 g/mol. The number of ether oxygens (including phenoxy) is 1. The Morgan fingerprint density at radius 3 is 2.62 bits per heavy atom. The number of benzene rings is 2. The van der Waals surface area contributed by atoms with Gasteiger partial charge in [-0.2, -0.15) is 13.2 Å². The number of rotatable bonds is 7. The highest BCUT2D eigenvalue weighted by Crippen LogP contribution is 2.37. The lowest BCUT2D eigenvalue weighted by Gasteiger charge is -2.16. The van der Waals surface area contributed by atoms with Crippen molar-refractivity contribution in [2.75, 3.05) is 6.61 Å². The molecule has 0 saturated heterocycles. The number of hydrogen-bond donors (Lipinski definition) is 1. The lowest BCUT2D eigenvalue weighted by molar-refractivity contribution is -0.140. The topological polar surface area (TPSA) is 46.5 Å². The molecule has 3 rings (SSSR count). The van der Waals surface area contributed by atoms with Gasteiger partial charge in [0.05, 0.1) is 5.56 Å². The molecule has 154 valence electrons. The molecule has 0 fully saturated rings.